The van der Waals surface area contributed by atoms with Gasteiger partial charge in [0.15, 0.2) is 6.29 Å². The lowest BCUT2D eigenvalue weighted by Crippen LogP contribution is -2.28. The minimum atomic E-state index is -0.520. The maximum atomic E-state index is 12.1. The second-order valence-corrected chi connectivity index (χ2v) is 5.97. The van der Waals surface area contributed by atoms with Crippen molar-refractivity contribution in [1.82, 2.24) is 0 Å². The molecule has 0 radical (unpaired) electrons. The lowest BCUT2D eigenvalue weighted by molar-refractivity contribution is -0.159. The number of hydrogen-bond acceptors (Lipinski definition) is 3. The predicted octanol–water partition coefficient (Wildman–Crippen LogP) is 3.77. The fourth-order valence-electron chi connectivity index (χ4n) is 1.83. The zero-order valence-corrected chi connectivity index (χ0v) is 13.4. The number of rotatable bonds is 5. The van der Waals surface area contributed by atoms with Gasteiger partial charge in [-0.05, 0) is 33.3 Å². The summed E-state index contributed by atoms with van der Waals surface area (Å²) in [6, 6.07) is 7.11. The summed E-state index contributed by atoms with van der Waals surface area (Å²) >= 11 is 0. The van der Waals surface area contributed by atoms with Crippen molar-refractivity contribution < 1.29 is 14.3 Å². The summed E-state index contributed by atoms with van der Waals surface area (Å²) in [5, 5.41) is 0. The molecule has 0 bridgehead atoms. The van der Waals surface area contributed by atoms with Crippen molar-refractivity contribution in [2.45, 2.75) is 39.2 Å². The first-order chi connectivity index (χ1) is 10.4. The van der Waals surface area contributed by atoms with Crippen LogP contribution < -0.4 is 0 Å². The largest absolute Gasteiger partial charge is 0.460 e. The quantitative estimate of drug-likeness (QED) is 0.360. The van der Waals surface area contributed by atoms with Gasteiger partial charge in [-0.15, -0.1) is 6.58 Å². The molecule has 0 N–H and O–H groups in total. The summed E-state index contributed by atoms with van der Waals surface area (Å²) < 4.78 is 5.39. The van der Waals surface area contributed by atoms with Gasteiger partial charge in [0, 0.05) is 17.5 Å². The Hall–Kier alpha value is -2.34. The standard InChI is InChI=1S/C19H22O3/c1-5-9-16(18(21)22-19(2,3)4)13-8-12-15-10-6-7-11-17(15)14-20/h5-7,10-11,14,16H,1,9,13H2,2-4H3. The molecular weight excluding hydrogens is 276 g/mol. The Morgan fingerprint density at radius 3 is 2.64 bits per heavy atom. The maximum absolute atomic E-state index is 12.1. The van der Waals surface area contributed by atoms with Crippen LogP contribution in [0.3, 0.4) is 0 Å². The van der Waals surface area contributed by atoms with Crippen LogP contribution >= 0.6 is 0 Å². The van der Waals surface area contributed by atoms with Crippen LogP contribution in [0.4, 0.5) is 0 Å². The first kappa shape index (κ1) is 17.7. The molecule has 3 nitrogen and oxygen atoms in total. The fraction of sp³-hybridized carbons (Fsp3) is 0.368. The van der Waals surface area contributed by atoms with Gasteiger partial charge in [-0.2, -0.15) is 0 Å². The fourth-order valence-corrected chi connectivity index (χ4v) is 1.83. The Morgan fingerprint density at radius 2 is 2.05 bits per heavy atom. The number of ether oxygens (including phenoxy) is 1. The molecule has 1 rings (SSSR count). The van der Waals surface area contributed by atoms with Crippen LogP contribution in [0, 0.1) is 17.8 Å². The molecular formula is C19H22O3. The minimum Gasteiger partial charge on any atom is -0.460 e. The van der Waals surface area contributed by atoms with E-state index in [2.05, 4.69) is 18.4 Å². The van der Waals surface area contributed by atoms with Crippen LogP contribution in [0.5, 0.6) is 0 Å². The summed E-state index contributed by atoms with van der Waals surface area (Å²) in [7, 11) is 0. The van der Waals surface area contributed by atoms with Gasteiger partial charge in [-0.25, -0.2) is 0 Å². The van der Waals surface area contributed by atoms with Crippen molar-refractivity contribution in [3.8, 4) is 11.8 Å². The van der Waals surface area contributed by atoms with Gasteiger partial charge in [-0.3, -0.25) is 9.59 Å². The molecule has 0 saturated heterocycles. The second-order valence-electron chi connectivity index (χ2n) is 5.97. The van der Waals surface area contributed by atoms with E-state index in [1.54, 1.807) is 24.3 Å². The number of carbonyl (C=O) groups excluding carboxylic acids is 2. The van der Waals surface area contributed by atoms with Crippen molar-refractivity contribution >= 4 is 12.3 Å². The third kappa shape index (κ3) is 5.97. The third-order valence-corrected chi connectivity index (χ3v) is 2.85. The highest BCUT2D eigenvalue weighted by Gasteiger charge is 2.23. The Balaban J connectivity index is 2.81. The van der Waals surface area contributed by atoms with Gasteiger partial charge in [0.25, 0.3) is 0 Å². The highest BCUT2D eigenvalue weighted by Crippen LogP contribution is 2.17. The molecule has 0 heterocycles. The maximum Gasteiger partial charge on any atom is 0.310 e. The van der Waals surface area contributed by atoms with Crippen molar-refractivity contribution in [3.05, 3.63) is 48.0 Å². The van der Waals surface area contributed by atoms with Crippen LogP contribution in [-0.4, -0.2) is 17.9 Å². The number of esters is 1. The van der Waals surface area contributed by atoms with E-state index in [4.69, 9.17) is 4.74 Å². The molecule has 0 fully saturated rings. The van der Waals surface area contributed by atoms with Crippen molar-refractivity contribution in [2.75, 3.05) is 0 Å². The molecule has 0 aliphatic heterocycles. The number of carbonyl (C=O) groups is 2. The van der Waals surface area contributed by atoms with Crippen molar-refractivity contribution in [1.29, 1.82) is 0 Å². The monoisotopic (exact) mass is 298 g/mol. The van der Waals surface area contributed by atoms with E-state index >= 15 is 0 Å². The predicted molar refractivity (Wildman–Crippen MR) is 87.5 cm³/mol. The van der Waals surface area contributed by atoms with Gasteiger partial charge in [-0.1, -0.05) is 36.1 Å². The molecule has 116 valence electrons. The number of allylic oxidation sites excluding steroid dienone is 1. The Morgan fingerprint density at radius 1 is 1.36 bits per heavy atom. The average Bonchev–Trinajstić information content (AvgIpc) is 2.45. The molecule has 1 aromatic carbocycles. The summed E-state index contributed by atoms with van der Waals surface area (Å²) in [6.45, 7) is 9.18. The zero-order chi connectivity index (χ0) is 16.6. The van der Waals surface area contributed by atoms with Gasteiger partial charge in [0.1, 0.15) is 5.60 Å². The second kappa shape index (κ2) is 8.19. The van der Waals surface area contributed by atoms with E-state index in [1.165, 1.54) is 0 Å². The Bertz CT molecular complexity index is 597. The first-order valence-corrected chi connectivity index (χ1v) is 7.24. The molecule has 3 heteroatoms. The smallest absolute Gasteiger partial charge is 0.310 e. The van der Waals surface area contributed by atoms with Crippen molar-refractivity contribution in [3.63, 3.8) is 0 Å². The van der Waals surface area contributed by atoms with E-state index < -0.39 is 5.60 Å². The van der Waals surface area contributed by atoms with Gasteiger partial charge in [0.2, 0.25) is 0 Å². The highest BCUT2D eigenvalue weighted by atomic mass is 16.6. The topological polar surface area (TPSA) is 43.4 Å². The molecule has 1 aromatic rings. The molecule has 0 amide bonds. The molecule has 0 spiro atoms. The zero-order valence-electron chi connectivity index (χ0n) is 13.4. The van der Waals surface area contributed by atoms with Gasteiger partial charge in [0.05, 0.1) is 5.92 Å². The van der Waals surface area contributed by atoms with E-state index in [9.17, 15) is 9.59 Å². The van der Waals surface area contributed by atoms with Gasteiger partial charge < -0.3 is 4.74 Å². The van der Waals surface area contributed by atoms with Crippen LogP contribution in [0.1, 0.15) is 49.5 Å². The average molecular weight is 298 g/mol. The molecule has 0 aliphatic rings. The highest BCUT2D eigenvalue weighted by molar-refractivity contribution is 5.79. The van der Waals surface area contributed by atoms with Crippen LogP contribution in [-0.2, 0) is 9.53 Å². The van der Waals surface area contributed by atoms with Crippen LogP contribution in [0.25, 0.3) is 0 Å². The van der Waals surface area contributed by atoms with E-state index in [1.807, 2.05) is 26.8 Å². The lowest BCUT2D eigenvalue weighted by atomic mass is 10.0. The SMILES string of the molecule is C=CCC(CC#Cc1ccccc1C=O)C(=O)OC(C)(C)C. The summed E-state index contributed by atoms with van der Waals surface area (Å²) in [6.07, 6.45) is 3.35. The Labute approximate surface area is 132 Å². The molecule has 0 aromatic heterocycles. The molecule has 0 aliphatic carbocycles. The molecule has 22 heavy (non-hydrogen) atoms. The normalized spacial score (nSPS) is 11.8. The summed E-state index contributed by atoms with van der Waals surface area (Å²) in [4.78, 5) is 23.1. The summed E-state index contributed by atoms with van der Waals surface area (Å²) in [5.74, 6) is 5.30. The molecule has 1 unspecified atom stereocenters. The van der Waals surface area contributed by atoms with E-state index in [0.29, 0.717) is 24.0 Å². The van der Waals surface area contributed by atoms with E-state index in [0.717, 1.165) is 6.29 Å². The number of benzene rings is 1. The molecule has 0 saturated carbocycles. The lowest BCUT2D eigenvalue weighted by Gasteiger charge is -2.22. The molecule has 1 atom stereocenters. The summed E-state index contributed by atoms with van der Waals surface area (Å²) in [5.41, 5.74) is 0.695. The first-order valence-electron chi connectivity index (χ1n) is 7.24. The van der Waals surface area contributed by atoms with Crippen LogP contribution in [0.15, 0.2) is 36.9 Å². The Kier molecular flexibility index (Phi) is 6.59. The van der Waals surface area contributed by atoms with Crippen LogP contribution in [0.2, 0.25) is 0 Å². The number of aldehydes is 1. The third-order valence-electron chi connectivity index (χ3n) is 2.85. The minimum absolute atomic E-state index is 0.273. The number of hydrogen-bond donors (Lipinski definition) is 0. The van der Waals surface area contributed by atoms with Gasteiger partial charge >= 0.3 is 5.97 Å². The van der Waals surface area contributed by atoms with E-state index in [-0.39, 0.29) is 11.9 Å². The van der Waals surface area contributed by atoms with Crippen molar-refractivity contribution in [2.24, 2.45) is 5.92 Å².